The largest absolute Gasteiger partial charge is 0.344 e. The molecule has 0 aromatic carbocycles. The second-order valence-electron chi connectivity index (χ2n) is 5.00. The molecule has 0 aromatic rings. The topological polar surface area (TPSA) is 49.6 Å². The Balaban J connectivity index is 0.00000128. The van der Waals surface area contributed by atoms with Gasteiger partial charge in [0.1, 0.15) is 0 Å². The Hall–Kier alpha value is -0.320. The van der Waals surface area contributed by atoms with Crippen molar-refractivity contribution < 1.29 is 4.79 Å². The molecule has 0 unspecified atom stereocenters. The summed E-state index contributed by atoms with van der Waals surface area (Å²) in [5.41, 5.74) is 5.80. The third-order valence-electron chi connectivity index (χ3n) is 3.32. The highest BCUT2D eigenvalue weighted by Crippen LogP contribution is 2.29. The second kappa shape index (κ2) is 5.84. The van der Waals surface area contributed by atoms with Crippen LogP contribution in [-0.4, -0.2) is 55.0 Å². The minimum atomic E-state index is 0. The lowest BCUT2D eigenvalue weighted by Crippen LogP contribution is -2.39. The van der Waals surface area contributed by atoms with E-state index in [-0.39, 0.29) is 24.4 Å². The average molecular weight is 248 g/mol. The summed E-state index contributed by atoms with van der Waals surface area (Å²) >= 11 is 0. The maximum atomic E-state index is 11.8. The molecular formula is C11H22ClN3O. The zero-order chi connectivity index (χ0) is 10.8. The number of halogens is 1. The van der Waals surface area contributed by atoms with Gasteiger partial charge < -0.3 is 10.6 Å². The lowest BCUT2D eigenvalue weighted by Gasteiger charge is -2.21. The zero-order valence-corrected chi connectivity index (χ0v) is 10.7. The van der Waals surface area contributed by atoms with Gasteiger partial charge in [0, 0.05) is 32.7 Å². The molecule has 1 heterocycles. The lowest BCUT2D eigenvalue weighted by atomic mass is 10.3. The number of carbonyl (C=O) groups excluding carboxylic acids is 1. The minimum Gasteiger partial charge on any atom is -0.344 e. The SMILES string of the molecule is CN(CC1CC1)C(=O)CN1CC[C@H](N)C1.Cl. The Bertz CT molecular complexity index is 245. The molecule has 5 heteroatoms. The van der Waals surface area contributed by atoms with Crippen LogP contribution >= 0.6 is 12.4 Å². The normalized spacial score (nSPS) is 25.2. The molecule has 1 amide bonds. The molecule has 1 aliphatic heterocycles. The van der Waals surface area contributed by atoms with Crippen LogP contribution in [0.15, 0.2) is 0 Å². The van der Waals surface area contributed by atoms with Gasteiger partial charge >= 0.3 is 0 Å². The molecule has 2 N–H and O–H groups in total. The van der Waals surface area contributed by atoms with Gasteiger partial charge in [0.2, 0.25) is 5.91 Å². The van der Waals surface area contributed by atoms with Crippen LogP contribution in [0, 0.1) is 5.92 Å². The van der Waals surface area contributed by atoms with Gasteiger partial charge in [-0.2, -0.15) is 0 Å². The van der Waals surface area contributed by atoms with Crippen molar-refractivity contribution >= 4 is 18.3 Å². The van der Waals surface area contributed by atoms with Crippen LogP contribution in [0.2, 0.25) is 0 Å². The number of amides is 1. The van der Waals surface area contributed by atoms with E-state index in [1.165, 1.54) is 12.8 Å². The molecule has 1 aliphatic carbocycles. The van der Waals surface area contributed by atoms with Crippen molar-refractivity contribution in [1.82, 2.24) is 9.80 Å². The van der Waals surface area contributed by atoms with Crippen LogP contribution in [0.5, 0.6) is 0 Å². The predicted octanol–water partition coefficient (Wildman–Crippen LogP) is 0.310. The van der Waals surface area contributed by atoms with Gasteiger partial charge in [-0.05, 0) is 25.2 Å². The van der Waals surface area contributed by atoms with E-state index in [1.807, 2.05) is 11.9 Å². The third-order valence-corrected chi connectivity index (χ3v) is 3.32. The summed E-state index contributed by atoms with van der Waals surface area (Å²) in [5, 5.41) is 0. The predicted molar refractivity (Wildman–Crippen MR) is 66.6 cm³/mol. The highest BCUT2D eigenvalue weighted by atomic mass is 35.5. The molecule has 0 aromatic heterocycles. The number of hydrogen-bond acceptors (Lipinski definition) is 3. The Morgan fingerprint density at radius 1 is 1.44 bits per heavy atom. The van der Waals surface area contributed by atoms with E-state index in [9.17, 15) is 4.79 Å². The van der Waals surface area contributed by atoms with Crippen molar-refractivity contribution in [2.45, 2.75) is 25.3 Å². The molecule has 0 bridgehead atoms. The Kier molecular flexibility index (Phi) is 5.02. The van der Waals surface area contributed by atoms with Gasteiger partial charge in [-0.3, -0.25) is 9.69 Å². The highest BCUT2D eigenvalue weighted by molar-refractivity contribution is 5.85. The molecule has 2 rings (SSSR count). The van der Waals surface area contributed by atoms with Crippen LogP contribution in [0.4, 0.5) is 0 Å². The first-order valence-corrected chi connectivity index (χ1v) is 5.87. The molecule has 0 radical (unpaired) electrons. The van der Waals surface area contributed by atoms with Crippen molar-refractivity contribution in [3.05, 3.63) is 0 Å². The fraction of sp³-hybridized carbons (Fsp3) is 0.909. The van der Waals surface area contributed by atoms with Gasteiger partial charge in [0.05, 0.1) is 6.54 Å². The zero-order valence-electron chi connectivity index (χ0n) is 9.89. The first kappa shape index (κ1) is 13.7. The van der Waals surface area contributed by atoms with Crippen LogP contribution in [0.1, 0.15) is 19.3 Å². The molecule has 2 aliphatic rings. The maximum absolute atomic E-state index is 11.8. The standard InChI is InChI=1S/C11H21N3O.ClH/c1-13(6-9-2-3-9)11(15)8-14-5-4-10(12)7-14;/h9-10H,2-8,12H2,1H3;1H/t10-;/m0./s1. The van der Waals surface area contributed by atoms with Crippen molar-refractivity contribution in [1.29, 1.82) is 0 Å². The third kappa shape index (κ3) is 3.92. The van der Waals surface area contributed by atoms with Crippen molar-refractivity contribution in [3.8, 4) is 0 Å². The number of rotatable bonds is 4. The van der Waals surface area contributed by atoms with Crippen molar-refractivity contribution in [2.24, 2.45) is 11.7 Å². The Morgan fingerprint density at radius 3 is 2.62 bits per heavy atom. The smallest absolute Gasteiger partial charge is 0.236 e. The summed E-state index contributed by atoms with van der Waals surface area (Å²) in [7, 11) is 1.91. The quantitative estimate of drug-likeness (QED) is 0.778. The molecule has 0 spiro atoms. The van der Waals surface area contributed by atoms with Gasteiger partial charge in [0.25, 0.3) is 0 Å². The molecule has 2 fully saturated rings. The van der Waals surface area contributed by atoms with Crippen LogP contribution in [0.25, 0.3) is 0 Å². The second-order valence-corrected chi connectivity index (χ2v) is 5.00. The summed E-state index contributed by atoms with van der Waals surface area (Å²) in [5.74, 6) is 1.02. The average Bonchev–Trinajstić information content (AvgIpc) is 2.90. The molecule has 94 valence electrons. The Labute approximate surface area is 104 Å². The van der Waals surface area contributed by atoms with E-state index < -0.39 is 0 Å². The van der Waals surface area contributed by atoms with Gasteiger partial charge in [-0.25, -0.2) is 0 Å². The fourth-order valence-electron chi connectivity index (χ4n) is 2.11. The van der Waals surface area contributed by atoms with Crippen LogP contribution in [-0.2, 0) is 4.79 Å². The summed E-state index contributed by atoms with van der Waals surface area (Å²) in [6.07, 6.45) is 3.62. The number of hydrogen-bond donors (Lipinski definition) is 1. The summed E-state index contributed by atoms with van der Waals surface area (Å²) < 4.78 is 0. The number of carbonyl (C=O) groups is 1. The van der Waals surface area contributed by atoms with Crippen molar-refractivity contribution in [2.75, 3.05) is 33.2 Å². The first-order valence-electron chi connectivity index (χ1n) is 5.87. The summed E-state index contributed by atoms with van der Waals surface area (Å²) in [6, 6.07) is 0.270. The molecule has 1 saturated carbocycles. The first-order chi connectivity index (χ1) is 7.15. The minimum absolute atomic E-state index is 0. The maximum Gasteiger partial charge on any atom is 0.236 e. The van der Waals surface area contributed by atoms with Gasteiger partial charge in [-0.1, -0.05) is 0 Å². The molecule has 1 saturated heterocycles. The molecule has 16 heavy (non-hydrogen) atoms. The Morgan fingerprint density at radius 2 is 2.12 bits per heavy atom. The number of likely N-dealkylation sites (tertiary alicyclic amines) is 1. The van der Waals surface area contributed by atoms with Crippen LogP contribution in [0.3, 0.4) is 0 Å². The van der Waals surface area contributed by atoms with E-state index in [0.29, 0.717) is 6.54 Å². The van der Waals surface area contributed by atoms with Crippen molar-refractivity contribution in [3.63, 3.8) is 0 Å². The summed E-state index contributed by atoms with van der Waals surface area (Å²) in [4.78, 5) is 15.9. The van der Waals surface area contributed by atoms with E-state index in [4.69, 9.17) is 5.73 Å². The van der Waals surface area contributed by atoms with E-state index >= 15 is 0 Å². The molecule has 4 nitrogen and oxygen atoms in total. The monoisotopic (exact) mass is 247 g/mol. The molecule has 1 atom stereocenters. The summed E-state index contributed by atoms with van der Waals surface area (Å²) in [6.45, 7) is 3.35. The van der Waals surface area contributed by atoms with E-state index in [1.54, 1.807) is 0 Å². The van der Waals surface area contributed by atoms with Gasteiger partial charge in [-0.15, -0.1) is 12.4 Å². The number of likely N-dealkylation sites (N-methyl/N-ethyl adjacent to an activating group) is 1. The van der Waals surface area contributed by atoms with Gasteiger partial charge in [0.15, 0.2) is 0 Å². The highest BCUT2D eigenvalue weighted by Gasteiger charge is 2.26. The van der Waals surface area contributed by atoms with E-state index in [2.05, 4.69) is 4.90 Å². The van der Waals surface area contributed by atoms with E-state index in [0.717, 1.165) is 32.0 Å². The molecular weight excluding hydrogens is 226 g/mol. The van der Waals surface area contributed by atoms with Crippen LogP contribution < -0.4 is 5.73 Å². The number of nitrogens with zero attached hydrogens (tertiary/aromatic N) is 2. The lowest BCUT2D eigenvalue weighted by molar-refractivity contribution is -0.131. The fourth-order valence-corrected chi connectivity index (χ4v) is 2.11. The number of nitrogens with two attached hydrogens (primary N) is 1.